The topological polar surface area (TPSA) is 47.6 Å². The van der Waals surface area contributed by atoms with Gasteiger partial charge >= 0.3 is 0 Å². The van der Waals surface area contributed by atoms with Gasteiger partial charge in [0.2, 0.25) is 0 Å². The molecular weight excluding hydrogens is 200 g/mol. The zero-order valence-corrected chi connectivity index (χ0v) is 9.39. The highest BCUT2D eigenvalue weighted by Gasteiger charge is 1.96. The Bertz CT molecular complexity index is 394. The van der Waals surface area contributed by atoms with E-state index in [0.29, 0.717) is 18.2 Å². The fourth-order valence-electron chi connectivity index (χ4n) is 1.14. The Balaban J connectivity index is 2.57. The van der Waals surface area contributed by atoms with Crippen LogP contribution in [0, 0.1) is 0 Å². The lowest BCUT2D eigenvalue weighted by Gasteiger charge is -2.06. The van der Waals surface area contributed by atoms with Gasteiger partial charge in [0.25, 0.3) is 0 Å². The van der Waals surface area contributed by atoms with Gasteiger partial charge in [-0.2, -0.15) is 0 Å². The molecule has 1 aromatic rings. The molecule has 2 N–H and O–H groups in total. The molecule has 0 amide bonds. The molecular formula is C13H16N2O. The van der Waals surface area contributed by atoms with Gasteiger partial charge in [-0.1, -0.05) is 30.3 Å². The average molecular weight is 216 g/mol. The summed E-state index contributed by atoms with van der Waals surface area (Å²) in [5.74, 6) is 1.04. The van der Waals surface area contributed by atoms with Gasteiger partial charge in [0.05, 0.1) is 0 Å². The fraction of sp³-hybridized carbons (Fsp3) is 0.154. The first-order chi connectivity index (χ1) is 7.76. The summed E-state index contributed by atoms with van der Waals surface area (Å²) in [5.41, 5.74) is 6.64. The lowest BCUT2D eigenvalue weighted by molar-refractivity contribution is 0.210. The van der Waals surface area contributed by atoms with Crippen LogP contribution in [0.4, 0.5) is 0 Å². The molecule has 0 fully saturated rings. The van der Waals surface area contributed by atoms with Crippen LogP contribution in [-0.4, -0.2) is 6.72 Å². The first kappa shape index (κ1) is 12.0. The number of rotatable bonds is 5. The zero-order valence-electron chi connectivity index (χ0n) is 9.39. The van der Waals surface area contributed by atoms with Crippen LogP contribution in [0.25, 0.3) is 0 Å². The van der Waals surface area contributed by atoms with Gasteiger partial charge in [-0.3, -0.25) is 0 Å². The monoisotopic (exact) mass is 216 g/mol. The van der Waals surface area contributed by atoms with Crippen LogP contribution in [0.5, 0.6) is 0 Å². The van der Waals surface area contributed by atoms with Crippen molar-refractivity contribution in [2.75, 3.05) is 0 Å². The minimum absolute atomic E-state index is 0.348. The number of benzene rings is 1. The summed E-state index contributed by atoms with van der Waals surface area (Å²) in [4.78, 5) is 3.60. The number of hydrogen-bond acceptors (Lipinski definition) is 3. The molecule has 0 aromatic heterocycles. The van der Waals surface area contributed by atoms with E-state index < -0.39 is 0 Å². The van der Waals surface area contributed by atoms with Gasteiger partial charge < -0.3 is 10.5 Å². The second-order valence-corrected chi connectivity index (χ2v) is 3.19. The smallest absolute Gasteiger partial charge is 0.126 e. The van der Waals surface area contributed by atoms with E-state index in [1.807, 2.05) is 43.3 Å². The maximum absolute atomic E-state index is 5.57. The molecule has 0 radical (unpaired) electrons. The number of hydrogen-bond donors (Lipinski definition) is 1. The molecule has 0 bridgehead atoms. The summed E-state index contributed by atoms with van der Waals surface area (Å²) in [5, 5.41) is 0. The van der Waals surface area contributed by atoms with Gasteiger partial charge in [-0.25, -0.2) is 4.99 Å². The minimum Gasteiger partial charge on any atom is -0.489 e. The molecule has 0 atom stereocenters. The van der Waals surface area contributed by atoms with Gasteiger partial charge in [0.15, 0.2) is 0 Å². The lowest BCUT2D eigenvalue weighted by atomic mass is 10.2. The Morgan fingerprint density at radius 3 is 2.69 bits per heavy atom. The third kappa shape index (κ3) is 4.00. The number of nitrogens with two attached hydrogens (primary N) is 1. The second-order valence-electron chi connectivity index (χ2n) is 3.19. The highest BCUT2D eigenvalue weighted by Crippen LogP contribution is 2.08. The van der Waals surface area contributed by atoms with E-state index in [9.17, 15) is 0 Å². The van der Waals surface area contributed by atoms with E-state index in [2.05, 4.69) is 11.7 Å². The van der Waals surface area contributed by atoms with E-state index in [1.54, 1.807) is 6.08 Å². The molecule has 1 rings (SSSR count). The van der Waals surface area contributed by atoms with Crippen LogP contribution < -0.4 is 5.73 Å². The Kier molecular flexibility index (Phi) is 4.86. The van der Waals surface area contributed by atoms with Crippen molar-refractivity contribution in [2.45, 2.75) is 13.5 Å². The van der Waals surface area contributed by atoms with E-state index >= 15 is 0 Å². The van der Waals surface area contributed by atoms with E-state index in [4.69, 9.17) is 10.5 Å². The van der Waals surface area contributed by atoms with E-state index in [-0.39, 0.29) is 0 Å². The normalized spacial score (nSPS) is 12.3. The highest BCUT2D eigenvalue weighted by molar-refractivity contribution is 5.30. The van der Waals surface area contributed by atoms with Crippen LogP contribution in [0.3, 0.4) is 0 Å². The molecule has 3 heteroatoms. The van der Waals surface area contributed by atoms with E-state index in [0.717, 1.165) is 5.56 Å². The van der Waals surface area contributed by atoms with Crippen molar-refractivity contribution >= 4 is 6.72 Å². The summed E-state index contributed by atoms with van der Waals surface area (Å²) < 4.78 is 5.57. The van der Waals surface area contributed by atoms with Crippen molar-refractivity contribution < 1.29 is 4.74 Å². The molecule has 0 aliphatic carbocycles. The first-order valence-corrected chi connectivity index (χ1v) is 5.03. The Morgan fingerprint density at radius 2 is 2.12 bits per heavy atom. The van der Waals surface area contributed by atoms with Crippen molar-refractivity contribution in [3.63, 3.8) is 0 Å². The molecule has 1 aromatic carbocycles. The zero-order chi connectivity index (χ0) is 11.8. The summed E-state index contributed by atoms with van der Waals surface area (Å²) >= 11 is 0. The Labute approximate surface area is 96.0 Å². The van der Waals surface area contributed by atoms with Crippen LogP contribution in [-0.2, 0) is 11.3 Å². The SMILES string of the molecule is C=N/C(N)=C\C(=C/C)OCc1ccccc1. The lowest BCUT2D eigenvalue weighted by Crippen LogP contribution is -1.97. The highest BCUT2D eigenvalue weighted by atomic mass is 16.5. The largest absolute Gasteiger partial charge is 0.489 e. The Morgan fingerprint density at radius 1 is 1.44 bits per heavy atom. The summed E-state index contributed by atoms with van der Waals surface area (Å²) in [6.45, 7) is 5.74. The minimum atomic E-state index is 0.348. The Hall–Kier alpha value is -2.03. The summed E-state index contributed by atoms with van der Waals surface area (Å²) in [6, 6.07) is 9.94. The average Bonchev–Trinajstić information content (AvgIpc) is 2.35. The molecule has 0 heterocycles. The number of ether oxygens (including phenoxy) is 1. The number of aliphatic imine (C=N–C) groups is 1. The summed E-state index contributed by atoms with van der Waals surface area (Å²) in [7, 11) is 0. The van der Waals surface area contributed by atoms with Crippen molar-refractivity contribution in [3.05, 3.63) is 59.6 Å². The van der Waals surface area contributed by atoms with Crippen LogP contribution in [0.2, 0.25) is 0 Å². The third-order valence-electron chi connectivity index (χ3n) is 2.01. The maximum Gasteiger partial charge on any atom is 0.126 e. The first-order valence-electron chi connectivity index (χ1n) is 5.03. The van der Waals surface area contributed by atoms with Crippen LogP contribution in [0.1, 0.15) is 12.5 Å². The van der Waals surface area contributed by atoms with Crippen molar-refractivity contribution in [1.29, 1.82) is 0 Å². The van der Waals surface area contributed by atoms with E-state index in [1.165, 1.54) is 0 Å². The predicted molar refractivity (Wildman–Crippen MR) is 66.8 cm³/mol. The molecule has 0 unspecified atom stereocenters. The molecule has 0 saturated carbocycles. The second kappa shape index (κ2) is 6.45. The van der Waals surface area contributed by atoms with Crippen molar-refractivity contribution in [1.82, 2.24) is 0 Å². The van der Waals surface area contributed by atoms with Gasteiger partial charge in [-0.15, -0.1) is 0 Å². The molecule has 84 valence electrons. The molecule has 3 nitrogen and oxygen atoms in total. The molecule has 0 aliphatic rings. The number of allylic oxidation sites excluding steroid dienone is 2. The molecule has 0 spiro atoms. The van der Waals surface area contributed by atoms with Gasteiger partial charge in [0, 0.05) is 6.08 Å². The third-order valence-corrected chi connectivity index (χ3v) is 2.01. The molecule has 0 saturated heterocycles. The predicted octanol–water partition coefficient (Wildman–Crippen LogP) is 2.61. The number of nitrogens with zero attached hydrogens (tertiary/aromatic N) is 1. The van der Waals surface area contributed by atoms with Crippen LogP contribution in [0.15, 0.2) is 59.1 Å². The fourth-order valence-corrected chi connectivity index (χ4v) is 1.14. The van der Waals surface area contributed by atoms with Crippen molar-refractivity contribution in [3.8, 4) is 0 Å². The standard InChI is InChI=1S/C13H16N2O/c1-3-12(9-13(14)15-2)16-10-11-7-5-4-6-8-11/h3-9H,2,10,14H2,1H3/b12-3+,13-9-. The quantitative estimate of drug-likeness (QED) is 0.467. The maximum atomic E-state index is 5.57. The van der Waals surface area contributed by atoms with Crippen molar-refractivity contribution in [2.24, 2.45) is 10.7 Å². The van der Waals surface area contributed by atoms with Gasteiger partial charge in [-0.05, 0) is 25.3 Å². The molecule has 0 aliphatic heterocycles. The van der Waals surface area contributed by atoms with Crippen LogP contribution >= 0.6 is 0 Å². The summed E-state index contributed by atoms with van der Waals surface area (Å²) in [6.07, 6.45) is 3.48. The molecule has 16 heavy (non-hydrogen) atoms. The van der Waals surface area contributed by atoms with Gasteiger partial charge in [0.1, 0.15) is 18.2 Å².